The molecule has 3 rings (SSSR count). The second-order valence-electron chi connectivity index (χ2n) is 8.18. The lowest BCUT2D eigenvalue weighted by atomic mass is 9.92. The Bertz CT molecular complexity index is 903. The molecule has 33 heavy (non-hydrogen) atoms. The number of aliphatic hydroxyl groups excluding tert-OH is 2. The van der Waals surface area contributed by atoms with Crippen LogP contribution in [-0.2, 0) is 0 Å². The Balaban J connectivity index is 1.36. The molecule has 1 fully saturated rings. The largest absolute Gasteiger partial charge is 0.494 e. The fourth-order valence-corrected chi connectivity index (χ4v) is 3.77. The van der Waals surface area contributed by atoms with Gasteiger partial charge in [0.05, 0.1) is 19.3 Å². The van der Waals surface area contributed by atoms with Gasteiger partial charge in [0.25, 0.3) is 5.91 Å². The molecule has 3 N–H and O–H groups in total. The number of halogens is 2. The number of aliphatic hydroxyl groups is 2. The third-order valence-electron chi connectivity index (χ3n) is 5.69. The summed E-state index contributed by atoms with van der Waals surface area (Å²) in [6, 6.07) is 5.37. The van der Waals surface area contributed by atoms with E-state index in [2.05, 4.69) is 15.5 Å². The van der Waals surface area contributed by atoms with Crippen LogP contribution in [0.25, 0.3) is 0 Å². The Morgan fingerprint density at radius 2 is 2.12 bits per heavy atom. The minimum atomic E-state index is -2.73. The number of nitrogens with zero attached hydrogens (tertiary/aromatic N) is 3. The fraction of sp³-hybridized carbons (Fsp3) is 0.591. The Kier molecular flexibility index (Phi) is 8.95. The molecule has 0 spiro atoms. The predicted octanol–water partition coefficient (Wildman–Crippen LogP) is 2.47. The minimum absolute atomic E-state index is 0.0163. The van der Waals surface area contributed by atoms with Gasteiger partial charge < -0.3 is 29.7 Å². The monoisotopic (exact) mass is 468 g/mol. The van der Waals surface area contributed by atoms with Crippen LogP contribution in [0.2, 0.25) is 0 Å². The molecule has 1 aromatic heterocycles. The number of amides is 1. The van der Waals surface area contributed by atoms with E-state index in [0.29, 0.717) is 36.9 Å². The first-order valence-corrected chi connectivity index (χ1v) is 11.0. The maximum Gasteiger partial charge on any atom is 0.324 e. The normalized spacial score (nSPS) is 15.6. The third kappa shape index (κ3) is 7.10. The molecule has 1 unspecified atom stereocenters. The smallest absolute Gasteiger partial charge is 0.324 e. The fourth-order valence-electron chi connectivity index (χ4n) is 3.77. The average Bonchev–Trinajstić information content (AvgIpc) is 3.31. The van der Waals surface area contributed by atoms with E-state index in [1.54, 1.807) is 18.2 Å². The zero-order valence-electron chi connectivity index (χ0n) is 18.5. The molecule has 1 amide bonds. The van der Waals surface area contributed by atoms with Gasteiger partial charge in [-0.05, 0) is 62.3 Å². The van der Waals surface area contributed by atoms with E-state index in [1.165, 1.54) is 0 Å². The van der Waals surface area contributed by atoms with Crippen molar-refractivity contribution in [2.75, 3.05) is 37.7 Å². The molecule has 0 bridgehead atoms. The first-order chi connectivity index (χ1) is 15.9. The Hall–Kier alpha value is -2.79. The number of hydrogen-bond donors (Lipinski definition) is 3. The first kappa shape index (κ1) is 24.8. The average molecular weight is 469 g/mol. The maximum absolute atomic E-state index is 12.6. The van der Waals surface area contributed by atoms with Crippen LogP contribution in [0.4, 0.5) is 14.8 Å². The number of carbonyl (C=O) groups excluding carboxylic acids is 1. The number of hydrogen-bond acceptors (Lipinski definition) is 8. The number of aromatic nitrogens is 2. The van der Waals surface area contributed by atoms with E-state index in [-0.39, 0.29) is 18.5 Å². The summed E-state index contributed by atoms with van der Waals surface area (Å²) in [5.41, 5.74) is 1.24. The van der Waals surface area contributed by atoms with Gasteiger partial charge in [-0.2, -0.15) is 4.98 Å². The highest BCUT2D eigenvalue weighted by molar-refractivity contribution is 5.95. The SMILES string of the molecule is Cc1cc(OCCCC2CCN(c3nc(C(F)F)no3)CC2)ccc1C(=O)NCC(O)CO. The molecule has 0 radical (unpaired) electrons. The van der Waals surface area contributed by atoms with Crippen molar-refractivity contribution < 1.29 is 33.0 Å². The molecule has 1 aliphatic heterocycles. The van der Waals surface area contributed by atoms with Gasteiger partial charge in [-0.3, -0.25) is 4.79 Å². The Labute approximate surface area is 190 Å². The maximum atomic E-state index is 12.6. The molecule has 2 aromatic rings. The number of carbonyl (C=O) groups is 1. The molecule has 1 saturated heterocycles. The van der Waals surface area contributed by atoms with E-state index in [1.807, 2.05) is 11.8 Å². The van der Waals surface area contributed by atoms with E-state index in [0.717, 1.165) is 31.2 Å². The molecule has 182 valence electrons. The standard InChI is InChI=1S/C22H30F2N4O5/c1-14-11-17(4-5-18(14)21(31)25-12-16(30)13-29)32-10-2-3-15-6-8-28(9-7-15)22-26-20(19(23)24)27-33-22/h4-5,11,15-16,19,29-30H,2-3,6-10,12-13H2,1H3,(H,25,31). The van der Waals surface area contributed by atoms with E-state index in [4.69, 9.17) is 14.4 Å². The molecule has 1 aromatic carbocycles. The van der Waals surface area contributed by atoms with Crippen molar-refractivity contribution in [3.05, 3.63) is 35.2 Å². The number of alkyl halides is 2. The first-order valence-electron chi connectivity index (χ1n) is 11.0. The highest BCUT2D eigenvalue weighted by Gasteiger charge is 2.24. The molecular formula is C22H30F2N4O5. The summed E-state index contributed by atoms with van der Waals surface area (Å²) < 4.78 is 36.0. The van der Waals surface area contributed by atoms with Gasteiger partial charge in [0.15, 0.2) is 0 Å². The van der Waals surface area contributed by atoms with Crippen LogP contribution in [0.1, 0.15) is 53.9 Å². The zero-order valence-corrected chi connectivity index (χ0v) is 18.5. The van der Waals surface area contributed by atoms with Crippen LogP contribution in [0.15, 0.2) is 22.7 Å². The minimum Gasteiger partial charge on any atom is -0.494 e. The van der Waals surface area contributed by atoms with Gasteiger partial charge >= 0.3 is 12.4 Å². The van der Waals surface area contributed by atoms with Crippen molar-refractivity contribution in [3.8, 4) is 5.75 Å². The Morgan fingerprint density at radius 3 is 2.76 bits per heavy atom. The molecule has 0 saturated carbocycles. The van der Waals surface area contributed by atoms with Crippen molar-refractivity contribution in [1.29, 1.82) is 0 Å². The van der Waals surface area contributed by atoms with Crippen molar-refractivity contribution in [2.45, 2.75) is 45.1 Å². The second-order valence-corrected chi connectivity index (χ2v) is 8.18. The number of rotatable bonds is 11. The lowest BCUT2D eigenvalue weighted by Crippen LogP contribution is -2.34. The number of benzene rings is 1. The molecule has 1 atom stereocenters. The van der Waals surface area contributed by atoms with Crippen LogP contribution < -0.4 is 15.0 Å². The predicted molar refractivity (Wildman–Crippen MR) is 116 cm³/mol. The molecule has 11 heteroatoms. The van der Waals surface area contributed by atoms with Gasteiger partial charge in [0, 0.05) is 25.2 Å². The highest BCUT2D eigenvalue weighted by Crippen LogP contribution is 2.27. The summed E-state index contributed by atoms with van der Waals surface area (Å²) in [6.07, 6.45) is -0.0156. The van der Waals surface area contributed by atoms with Crippen molar-refractivity contribution in [2.24, 2.45) is 5.92 Å². The molecule has 2 heterocycles. The van der Waals surface area contributed by atoms with E-state index in [9.17, 15) is 18.7 Å². The van der Waals surface area contributed by atoms with Crippen LogP contribution >= 0.6 is 0 Å². The summed E-state index contributed by atoms with van der Waals surface area (Å²) in [6.45, 7) is 3.31. The number of ether oxygens (including phenoxy) is 1. The topological polar surface area (TPSA) is 121 Å². The highest BCUT2D eigenvalue weighted by atomic mass is 19.3. The van der Waals surface area contributed by atoms with Gasteiger partial charge in [0.2, 0.25) is 5.82 Å². The van der Waals surface area contributed by atoms with Gasteiger partial charge in [-0.1, -0.05) is 5.16 Å². The number of aryl methyl sites for hydroxylation is 1. The quantitative estimate of drug-likeness (QED) is 0.430. The van der Waals surface area contributed by atoms with Gasteiger partial charge in [0.1, 0.15) is 5.75 Å². The van der Waals surface area contributed by atoms with Crippen molar-refractivity contribution >= 4 is 11.9 Å². The van der Waals surface area contributed by atoms with Crippen LogP contribution in [0.5, 0.6) is 5.75 Å². The third-order valence-corrected chi connectivity index (χ3v) is 5.69. The molecular weight excluding hydrogens is 438 g/mol. The lowest BCUT2D eigenvalue weighted by molar-refractivity contribution is 0.0801. The second kappa shape index (κ2) is 11.9. The van der Waals surface area contributed by atoms with Crippen molar-refractivity contribution in [3.63, 3.8) is 0 Å². The van der Waals surface area contributed by atoms with Crippen molar-refractivity contribution in [1.82, 2.24) is 15.5 Å². The van der Waals surface area contributed by atoms with E-state index >= 15 is 0 Å². The Morgan fingerprint density at radius 1 is 1.36 bits per heavy atom. The zero-order chi connectivity index (χ0) is 23.8. The molecule has 1 aliphatic rings. The lowest BCUT2D eigenvalue weighted by Gasteiger charge is -2.30. The van der Waals surface area contributed by atoms with E-state index < -0.39 is 25.0 Å². The van der Waals surface area contributed by atoms with Crippen LogP contribution in [-0.4, -0.2) is 65.2 Å². The summed E-state index contributed by atoms with van der Waals surface area (Å²) >= 11 is 0. The number of nitrogens with one attached hydrogen (secondary N) is 1. The molecule has 9 nitrogen and oxygen atoms in total. The summed E-state index contributed by atoms with van der Waals surface area (Å²) in [7, 11) is 0. The van der Waals surface area contributed by atoms with Crippen LogP contribution in [0, 0.1) is 12.8 Å². The number of anilines is 1. The number of piperidine rings is 1. The summed E-state index contributed by atoms with van der Waals surface area (Å²) in [5.74, 6) is 0.308. The summed E-state index contributed by atoms with van der Waals surface area (Å²) in [4.78, 5) is 17.8. The van der Waals surface area contributed by atoms with Gasteiger partial charge in [-0.25, -0.2) is 8.78 Å². The van der Waals surface area contributed by atoms with Gasteiger partial charge in [-0.15, -0.1) is 0 Å². The molecule has 0 aliphatic carbocycles. The summed E-state index contributed by atoms with van der Waals surface area (Å²) in [5, 5.41) is 24.0. The van der Waals surface area contributed by atoms with Crippen LogP contribution in [0.3, 0.4) is 0 Å².